The lowest BCUT2D eigenvalue weighted by Gasteiger charge is -2.29. The van der Waals surface area contributed by atoms with Crippen LogP contribution in [0, 0.1) is 11.8 Å². The van der Waals surface area contributed by atoms with E-state index in [-0.39, 0.29) is 23.8 Å². The molecule has 1 aromatic rings. The quantitative estimate of drug-likeness (QED) is 0.170. The number of ether oxygens (including phenoxy) is 1. The Hall–Kier alpha value is -1.23. The van der Waals surface area contributed by atoms with Crippen LogP contribution in [0.4, 0.5) is 0 Å². The van der Waals surface area contributed by atoms with Crippen molar-refractivity contribution < 1.29 is 14.3 Å². The number of carbonyl (C=O) groups excluding carboxylic acids is 2. The molecule has 0 N–H and O–H groups in total. The fourth-order valence-corrected chi connectivity index (χ4v) is 4.38. The van der Waals surface area contributed by atoms with Gasteiger partial charge in [-0.3, -0.25) is 17.4 Å². The average Bonchev–Trinajstić information content (AvgIpc) is 3.19. The molecule has 0 aliphatic rings. The van der Waals surface area contributed by atoms with E-state index in [9.17, 15) is 9.59 Å². The number of carbonyl (C=O) groups is 2. The predicted molar refractivity (Wildman–Crippen MR) is 140 cm³/mol. The molecule has 0 radical (unpaired) electrons. The Bertz CT molecular complexity index is 735. The van der Waals surface area contributed by atoms with E-state index in [1.807, 2.05) is 47.9 Å². The van der Waals surface area contributed by atoms with Gasteiger partial charge < -0.3 is 9.64 Å². The third-order valence-corrected chi connectivity index (χ3v) is 6.44. The van der Waals surface area contributed by atoms with E-state index in [4.69, 9.17) is 4.74 Å². The molecular weight excluding hydrogens is 533 g/mol. The molecule has 1 heterocycles. The number of amides is 2. The van der Waals surface area contributed by atoms with Crippen molar-refractivity contribution in [3.05, 3.63) is 11.9 Å². The van der Waals surface area contributed by atoms with Gasteiger partial charge in [0.2, 0.25) is 11.8 Å². The van der Waals surface area contributed by atoms with Gasteiger partial charge in [0.1, 0.15) is 11.3 Å². The zero-order valence-corrected chi connectivity index (χ0v) is 24.0. The maximum absolute atomic E-state index is 12.4. The molecule has 0 spiro atoms. The van der Waals surface area contributed by atoms with Crippen LogP contribution in [0.2, 0.25) is 0 Å². The Morgan fingerprint density at radius 1 is 1.15 bits per heavy atom. The number of rotatable bonds is 15. The van der Waals surface area contributed by atoms with Crippen LogP contribution in [-0.4, -0.2) is 61.1 Å². The molecule has 0 saturated heterocycles. The molecule has 8 nitrogen and oxygen atoms in total. The van der Waals surface area contributed by atoms with E-state index in [1.165, 1.54) is 0 Å². The maximum Gasteiger partial charge on any atom is 0.231 e. The maximum atomic E-state index is 12.4. The highest BCUT2D eigenvalue weighted by Gasteiger charge is 2.28. The first-order valence-corrected chi connectivity index (χ1v) is 13.1. The van der Waals surface area contributed by atoms with Crippen molar-refractivity contribution in [3.8, 4) is 0 Å². The van der Waals surface area contributed by atoms with E-state index in [2.05, 4.69) is 47.0 Å². The molecule has 0 aromatic carbocycles. The summed E-state index contributed by atoms with van der Waals surface area (Å²) in [6.45, 7) is 16.0. The van der Waals surface area contributed by atoms with Crippen LogP contribution >= 0.6 is 22.9 Å². The SMILES string of the molecule is CC(C)CCCCC(=O)N(I)CC(C)OC(C)(C)c1cn(CCCN(C)C(=O)C(C)C)nn1. The molecule has 2 amide bonds. The molecule has 1 atom stereocenters. The van der Waals surface area contributed by atoms with Gasteiger partial charge in [0, 0.05) is 32.5 Å². The van der Waals surface area contributed by atoms with Gasteiger partial charge in [0.15, 0.2) is 0 Å². The summed E-state index contributed by atoms with van der Waals surface area (Å²) in [5, 5.41) is 8.53. The molecule has 1 unspecified atom stereocenters. The molecule has 9 heteroatoms. The van der Waals surface area contributed by atoms with Gasteiger partial charge in [0.25, 0.3) is 0 Å². The second kappa shape index (κ2) is 14.2. The Kier molecular flexibility index (Phi) is 12.9. The van der Waals surface area contributed by atoms with Crippen LogP contribution in [0.25, 0.3) is 0 Å². The van der Waals surface area contributed by atoms with Crippen molar-refractivity contribution in [1.29, 1.82) is 0 Å². The first kappa shape index (κ1) is 29.8. The van der Waals surface area contributed by atoms with Gasteiger partial charge in [-0.15, -0.1) is 5.10 Å². The minimum Gasteiger partial charge on any atom is -0.364 e. The first-order chi connectivity index (χ1) is 15.3. The summed E-state index contributed by atoms with van der Waals surface area (Å²) < 4.78 is 9.78. The minimum atomic E-state index is -0.625. The van der Waals surface area contributed by atoms with Crippen LogP contribution in [0.5, 0.6) is 0 Å². The molecule has 0 saturated carbocycles. The average molecular weight is 578 g/mol. The van der Waals surface area contributed by atoms with Crippen molar-refractivity contribution in [2.75, 3.05) is 20.1 Å². The van der Waals surface area contributed by atoms with Gasteiger partial charge in [0.05, 0.1) is 41.7 Å². The van der Waals surface area contributed by atoms with Gasteiger partial charge in [-0.2, -0.15) is 0 Å². The second-order valence-corrected chi connectivity index (χ2v) is 11.3. The number of aromatic nitrogens is 3. The van der Waals surface area contributed by atoms with Crippen LogP contribution in [0.1, 0.15) is 86.3 Å². The third-order valence-electron chi connectivity index (χ3n) is 5.51. The lowest BCUT2D eigenvalue weighted by Crippen LogP contribution is -2.35. The van der Waals surface area contributed by atoms with Gasteiger partial charge >= 0.3 is 0 Å². The molecule has 1 aromatic heterocycles. The highest BCUT2D eigenvalue weighted by atomic mass is 127. The van der Waals surface area contributed by atoms with Crippen molar-refractivity contribution in [2.24, 2.45) is 11.8 Å². The largest absolute Gasteiger partial charge is 0.364 e. The number of hydrogen-bond acceptors (Lipinski definition) is 5. The van der Waals surface area contributed by atoms with Crippen molar-refractivity contribution >= 4 is 34.7 Å². The van der Waals surface area contributed by atoms with Gasteiger partial charge in [-0.05, 0) is 39.5 Å². The third kappa shape index (κ3) is 11.2. The predicted octanol–water partition coefficient (Wildman–Crippen LogP) is 4.82. The summed E-state index contributed by atoms with van der Waals surface area (Å²) in [6, 6.07) is 0. The van der Waals surface area contributed by atoms with E-state index in [0.717, 1.165) is 31.4 Å². The van der Waals surface area contributed by atoms with Crippen LogP contribution in [0.3, 0.4) is 0 Å². The summed E-state index contributed by atoms with van der Waals surface area (Å²) in [7, 11) is 1.83. The highest BCUT2D eigenvalue weighted by molar-refractivity contribution is 14.1. The number of halogens is 1. The minimum absolute atomic E-state index is 0.00606. The molecule has 0 aliphatic heterocycles. The second-order valence-electron chi connectivity index (χ2n) is 10.2. The smallest absolute Gasteiger partial charge is 0.231 e. The molecule has 33 heavy (non-hydrogen) atoms. The summed E-state index contributed by atoms with van der Waals surface area (Å²) in [5.41, 5.74) is 0.126. The fourth-order valence-electron chi connectivity index (χ4n) is 3.58. The topological polar surface area (TPSA) is 80.6 Å². The standard InChI is InChI=1S/C24H44IN5O3/c1-18(2)12-9-10-13-22(31)30(25)16-20(5)33-24(6,7)21-17-29(27-26-21)15-11-14-28(8)23(32)19(3)4/h17-20H,9-16H2,1-8H3. The first-order valence-electron chi connectivity index (χ1n) is 12.1. The molecular formula is C24H44IN5O3. The van der Waals surface area contributed by atoms with E-state index < -0.39 is 5.60 Å². The van der Waals surface area contributed by atoms with Crippen molar-refractivity contribution in [2.45, 2.75) is 98.8 Å². The molecule has 0 fully saturated rings. The van der Waals surface area contributed by atoms with E-state index in [1.54, 1.807) is 12.7 Å². The number of unbranched alkanes of at least 4 members (excludes halogenated alkanes) is 1. The summed E-state index contributed by atoms with van der Waals surface area (Å²) >= 11 is 2.09. The van der Waals surface area contributed by atoms with Gasteiger partial charge in [-0.1, -0.05) is 45.7 Å². The number of nitrogens with zero attached hydrogens (tertiary/aromatic N) is 5. The molecule has 0 aliphatic carbocycles. The normalized spacial score (nSPS) is 12.9. The monoisotopic (exact) mass is 577 g/mol. The zero-order chi connectivity index (χ0) is 25.2. The Morgan fingerprint density at radius 3 is 2.42 bits per heavy atom. The lowest BCUT2D eigenvalue weighted by molar-refractivity contribution is -0.133. The Balaban J connectivity index is 2.48. The van der Waals surface area contributed by atoms with Gasteiger partial charge in [-0.25, -0.2) is 0 Å². The molecule has 1 rings (SSSR count). The van der Waals surface area contributed by atoms with E-state index >= 15 is 0 Å². The van der Waals surface area contributed by atoms with Crippen LogP contribution in [-0.2, 0) is 26.5 Å². The summed E-state index contributed by atoms with van der Waals surface area (Å²) in [6.07, 6.45) is 6.33. The zero-order valence-electron chi connectivity index (χ0n) is 21.8. The Labute approximate surface area is 214 Å². The summed E-state index contributed by atoms with van der Waals surface area (Å²) in [4.78, 5) is 26.1. The number of aryl methyl sites for hydroxylation is 1. The molecule has 0 bridgehead atoms. The lowest BCUT2D eigenvalue weighted by atomic mass is 10.1. The number of hydrogen-bond donors (Lipinski definition) is 0. The van der Waals surface area contributed by atoms with Crippen LogP contribution < -0.4 is 0 Å². The van der Waals surface area contributed by atoms with Crippen molar-refractivity contribution in [1.82, 2.24) is 23.0 Å². The molecule has 190 valence electrons. The van der Waals surface area contributed by atoms with E-state index in [0.29, 0.717) is 32.0 Å². The summed E-state index contributed by atoms with van der Waals surface area (Å²) in [5.74, 6) is 0.988. The Morgan fingerprint density at radius 2 is 1.82 bits per heavy atom. The fraction of sp³-hybridized carbons (Fsp3) is 0.833. The highest BCUT2D eigenvalue weighted by Crippen LogP contribution is 2.25. The van der Waals surface area contributed by atoms with Crippen molar-refractivity contribution in [3.63, 3.8) is 0 Å². The van der Waals surface area contributed by atoms with Crippen LogP contribution in [0.15, 0.2) is 6.20 Å².